The lowest BCUT2D eigenvalue weighted by Crippen LogP contribution is -2.28. The number of carbonyl (C=O) groups is 1. The quantitative estimate of drug-likeness (QED) is 0.634. The third kappa shape index (κ3) is 4.83. The number of ether oxygens (including phenoxy) is 1. The van der Waals surface area contributed by atoms with Gasteiger partial charge in [-0.15, -0.1) is 0 Å². The van der Waals surface area contributed by atoms with E-state index in [4.69, 9.17) is 5.73 Å². The number of aromatic nitrogens is 3. The zero-order valence-electron chi connectivity index (χ0n) is 13.9. The average molecular weight is 373 g/mol. The van der Waals surface area contributed by atoms with Crippen molar-refractivity contribution in [1.29, 1.82) is 0 Å². The van der Waals surface area contributed by atoms with Gasteiger partial charge in [-0.25, -0.2) is 9.78 Å². The number of rotatable bonds is 7. The highest BCUT2D eigenvalue weighted by atomic mass is 19.4. The van der Waals surface area contributed by atoms with E-state index in [0.717, 1.165) is 0 Å². The SMILES string of the molecule is CCCC(CCOC(=O)C(F)(F)F)Nc1nc(N)nc2cc[nH]c(=O)c12. The fraction of sp³-hybridized carbons (Fsp3) is 0.467. The second kappa shape index (κ2) is 8.02. The molecule has 2 aromatic rings. The molecule has 0 aliphatic rings. The van der Waals surface area contributed by atoms with Crippen LogP contribution < -0.4 is 16.6 Å². The van der Waals surface area contributed by atoms with E-state index in [1.807, 2.05) is 6.92 Å². The van der Waals surface area contributed by atoms with Gasteiger partial charge in [-0.3, -0.25) is 4.79 Å². The van der Waals surface area contributed by atoms with E-state index in [1.54, 1.807) is 6.07 Å². The molecule has 11 heteroatoms. The van der Waals surface area contributed by atoms with Crippen LogP contribution in [0.3, 0.4) is 0 Å². The maximum Gasteiger partial charge on any atom is 0.490 e. The zero-order valence-corrected chi connectivity index (χ0v) is 13.9. The van der Waals surface area contributed by atoms with Gasteiger partial charge in [-0.05, 0) is 12.5 Å². The van der Waals surface area contributed by atoms with Crippen LogP contribution in [0.5, 0.6) is 0 Å². The fourth-order valence-corrected chi connectivity index (χ4v) is 2.42. The molecule has 26 heavy (non-hydrogen) atoms. The lowest BCUT2D eigenvalue weighted by molar-refractivity contribution is -0.199. The van der Waals surface area contributed by atoms with E-state index < -0.39 is 24.3 Å². The Labute approximate surface area is 146 Å². The van der Waals surface area contributed by atoms with Crippen LogP contribution >= 0.6 is 0 Å². The Kier molecular flexibility index (Phi) is 6.01. The molecular formula is C15H18F3N5O3. The Morgan fingerprint density at radius 3 is 2.77 bits per heavy atom. The highest BCUT2D eigenvalue weighted by molar-refractivity contribution is 5.89. The summed E-state index contributed by atoms with van der Waals surface area (Å²) in [5.74, 6) is -2.11. The lowest BCUT2D eigenvalue weighted by Gasteiger charge is -2.19. The summed E-state index contributed by atoms with van der Waals surface area (Å²) >= 11 is 0. The van der Waals surface area contributed by atoms with Crippen molar-refractivity contribution in [2.24, 2.45) is 0 Å². The second-order valence-corrected chi connectivity index (χ2v) is 5.55. The van der Waals surface area contributed by atoms with Crippen LogP contribution in [0, 0.1) is 0 Å². The molecule has 0 radical (unpaired) electrons. The standard InChI is InChI=1S/C15H18F3N5O3/c1-2-3-8(5-7-26-13(25)15(16,17)18)21-11-10-9(22-14(19)23-11)4-6-20-12(10)24/h4,6,8H,2-3,5,7H2,1H3,(H,20,24)(H3,19,21,22,23). The highest BCUT2D eigenvalue weighted by Gasteiger charge is 2.40. The molecular weight excluding hydrogens is 355 g/mol. The molecule has 2 heterocycles. The van der Waals surface area contributed by atoms with E-state index in [2.05, 4.69) is 25.0 Å². The molecule has 4 N–H and O–H groups in total. The topological polar surface area (TPSA) is 123 Å². The molecule has 8 nitrogen and oxygen atoms in total. The summed E-state index contributed by atoms with van der Waals surface area (Å²) in [6.07, 6.45) is -2.25. The van der Waals surface area contributed by atoms with Crippen LogP contribution in [0.2, 0.25) is 0 Å². The van der Waals surface area contributed by atoms with Crippen LogP contribution in [0.1, 0.15) is 26.2 Å². The summed E-state index contributed by atoms with van der Waals surface area (Å²) in [6, 6.07) is 1.18. The molecule has 0 aliphatic carbocycles. The molecule has 0 bridgehead atoms. The van der Waals surface area contributed by atoms with Gasteiger partial charge in [0.15, 0.2) is 0 Å². The van der Waals surface area contributed by atoms with Gasteiger partial charge in [-0.2, -0.15) is 18.2 Å². The minimum absolute atomic E-state index is 0.0515. The summed E-state index contributed by atoms with van der Waals surface area (Å²) in [5.41, 5.74) is 5.55. The first-order valence-corrected chi connectivity index (χ1v) is 7.87. The molecule has 0 aromatic carbocycles. The first-order chi connectivity index (χ1) is 12.2. The first-order valence-electron chi connectivity index (χ1n) is 7.87. The lowest BCUT2D eigenvalue weighted by atomic mass is 10.1. The normalized spacial score (nSPS) is 12.8. The van der Waals surface area contributed by atoms with E-state index in [0.29, 0.717) is 18.4 Å². The Morgan fingerprint density at radius 1 is 1.38 bits per heavy atom. The molecule has 1 unspecified atom stereocenters. The molecule has 1 atom stereocenters. The third-order valence-corrected chi connectivity index (χ3v) is 3.55. The van der Waals surface area contributed by atoms with Gasteiger partial charge in [0.05, 0.1) is 12.1 Å². The number of aromatic amines is 1. The van der Waals surface area contributed by atoms with Gasteiger partial charge < -0.3 is 20.8 Å². The minimum Gasteiger partial charge on any atom is -0.459 e. The second-order valence-electron chi connectivity index (χ2n) is 5.55. The number of nitrogens with two attached hydrogens (primary N) is 1. The van der Waals surface area contributed by atoms with Crippen molar-refractivity contribution in [2.75, 3.05) is 17.7 Å². The monoisotopic (exact) mass is 373 g/mol. The summed E-state index contributed by atoms with van der Waals surface area (Å²) in [6.45, 7) is 1.46. The number of nitrogen functional groups attached to an aromatic ring is 1. The number of H-pyrrole nitrogens is 1. The van der Waals surface area contributed by atoms with E-state index >= 15 is 0 Å². The number of anilines is 2. The third-order valence-electron chi connectivity index (χ3n) is 3.55. The van der Waals surface area contributed by atoms with Crippen LogP contribution in [-0.4, -0.2) is 39.7 Å². The Balaban J connectivity index is 2.16. The number of hydrogen-bond acceptors (Lipinski definition) is 7. The molecule has 0 saturated heterocycles. The van der Waals surface area contributed by atoms with Crippen molar-refractivity contribution in [3.05, 3.63) is 22.6 Å². The molecule has 0 fully saturated rings. The van der Waals surface area contributed by atoms with Crippen molar-refractivity contribution in [3.63, 3.8) is 0 Å². The number of nitrogens with zero attached hydrogens (tertiary/aromatic N) is 2. The largest absolute Gasteiger partial charge is 0.490 e. The number of nitrogens with one attached hydrogen (secondary N) is 2. The maximum atomic E-state index is 12.2. The van der Waals surface area contributed by atoms with Crippen molar-refractivity contribution in [2.45, 2.75) is 38.4 Å². The number of esters is 1. The Bertz CT molecular complexity index is 837. The molecule has 0 spiro atoms. The van der Waals surface area contributed by atoms with Gasteiger partial charge in [0.25, 0.3) is 5.56 Å². The van der Waals surface area contributed by atoms with E-state index in [9.17, 15) is 22.8 Å². The van der Waals surface area contributed by atoms with Crippen LogP contribution in [0.15, 0.2) is 17.1 Å². The van der Waals surface area contributed by atoms with Crippen LogP contribution in [0.25, 0.3) is 10.9 Å². The van der Waals surface area contributed by atoms with Crippen molar-refractivity contribution < 1.29 is 22.7 Å². The van der Waals surface area contributed by atoms with Gasteiger partial charge >= 0.3 is 12.1 Å². The number of pyridine rings is 1. The molecule has 0 amide bonds. The Morgan fingerprint density at radius 2 is 2.12 bits per heavy atom. The molecule has 142 valence electrons. The molecule has 0 saturated carbocycles. The van der Waals surface area contributed by atoms with Crippen molar-refractivity contribution in [3.8, 4) is 0 Å². The predicted octanol–water partition coefficient (Wildman–Crippen LogP) is 1.98. The number of hydrogen-bond donors (Lipinski definition) is 3. The molecule has 2 aromatic heterocycles. The summed E-state index contributed by atoms with van der Waals surface area (Å²) in [4.78, 5) is 33.3. The van der Waals surface area contributed by atoms with Crippen LogP contribution in [0.4, 0.5) is 24.9 Å². The molecule has 2 rings (SSSR count). The summed E-state index contributed by atoms with van der Waals surface area (Å²) in [5, 5.41) is 3.18. The number of fused-ring (bicyclic) bond motifs is 1. The Hall–Kier alpha value is -2.85. The van der Waals surface area contributed by atoms with Gasteiger partial charge in [0.2, 0.25) is 5.95 Å². The number of alkyl halides is 3. The average Bonchev–Trinajstić information content (AvgIpc) is 2.53. The number of carbonyl (C=O) groups excluding carboxylic acids is 1. The number of halogens is 3. The van der Waals surface area contributed by atoms with E-state index in [-0.39, 0.29) is 29.6 Å². The fourth-order valence-electron chi connectivity index (χ4n) is 2.42. The van der Waals surface area contributed by atoms with Crippen molar-refractivity contribution in [1.82, 2.24) is 15.0 Å². The summed E-state index contributed by atoms with van der Waals surface area (Å²) < 4.78 is 40.7. The van der Waals surface area contributed by atoms with Crippen LogP contribution in [-0.2, 0) is 9.53 Å². The van der Waals surface area contributed by atoms with Gasteiger partial charge in [0.1, 0.15) is 11.2 Å². The summed E-state index contributed by atoms with van der Waals surface area (Å²) in [7, 11) is 0. The van der Waals surface area contributed by atoms with Gasteiger partial charge in [-0.1, -0.05) is 13.3 Å². The zero-order chi connectivity index (χ0) is 19.3. The smallest absolute Gasteiger partial charge is 0.459 e. The minimum atomic E-state index is -5.03. The maximum absolute atomic E-state index is 12.2. The van der Waals surface area contributed by atoms with Crippen molar-refractivity contribution >= 4 is 28.6 Å². The molecule has 0 aliphatic heterocycles. The highest BCUT2D eigenvalue weighted by Crippen LogP contribution is 2.20. The van der Waals surface area contributed by atoms with E-state index in [1.165, 1.54) is 6.20 Å². The predicted molar refractivity (Wildman–Crippen MR) is 88.5 cm³/mol. The first kappa shape index (κ1) is 19.5. The van der Waals surface area contributed by atoms with Gasteiger partial charge in [0, 0.05) is 18.7 Å².